The molecule has 2 aromatic carbocycles. The molecule has 4 rings (SSSR count). The van der Waals surface area contributed by atoms with Gasteiger partial charge in [0.1, 0.15) is 34.9 Å². The first-order valence-electron chi connectivity index (χ1n) is 10.8. The topological polar surface area (TPSA) is 300 Å². The lowest BCUT2D eigenvalue weighted by Gasteiger charge is -2.42. The van der Waals surface area contributed by atoms with Crippen molar-refractivity contribution in [1.29, 1.82) is 0 Å². The Kier molecular flexibility index (Phi) is 7.86. The number of phenolic OH excluding ortho intramolecular Hbond substituents is 3. The van der Waals surface area contributed by atoms with Gasteiger partial charge in [0, 0.05) is 17.7 Å². The number of fused-ring (bicyclic) bond motifs is 1. The van der Waals surface area contributed by atoms with Crippen LogP contribution in [-0.2, 0) is 38.7 Å². The van der Waals surface area contributed by atoms with E-state index in [1.54, 1.807) is 0 Å². The maximum atomic E-state index is 12.8. The van der Waals surface area contributed by atoms with E-state index in [0.29, 0.717) is 6.07 Å². The molecule has 1 fully saturated rings. The van der Waals surface area contributed by atoms with E-state index in [2.05, 4.69) is 8.37 Å². The van der Waals surface area contributed by atoms with Crippen LogP contribution in [0.1, 0.15) is 0 Å². The lowest BCUT2D eigenvalue weighted by Crippen LogP contribution is -2.63. The molecule has 0 amide bonds. The van der Waals surface area contributed by atoms with Crippen LogP contribution in [0.15, 0.2) is 45.6 Å². The SMILES string of the molecule is O=C(O)[C@H]1O[C@@H](Oc2c(O)cc(O)c3c(=O)cc(-c4ccc(O)cc4)oc23)[C@H](OS(=O)(=O)[O-])[C@@H](O)[C@@H]1OS(=O)(=O)[O-]. The van der Waals surface area contributed by atoms with Crippen molar-refractivity contribution in [2.45, 2.75) is 30.7 Å². The average molecular weight is 620 g/mol. The zero-order chi connectivity index (χ0) is 30.4. The molecule has 0 spiro atoms. The minimum Gasteiger partial charge on any atom is -0.726 e. The third-order valence-corrected chi connectivity index (χ3v) is 6.44. The van der Waals surface area contributed by atoms with E-state index in [0.717, 1.165) is 6.07 Å². The Bertz CT molecular complexity index is 1760. The van der Waals surface area contributed by atoms with Gasteiger partial charge in [-0.05, 0) is 24.3 Å². The highest BCUT2D eigenvalue weighted by Crippen LogP contribution is 2.42. The van der Waals surface area contributed by atoms with E-state index in [4.69, 9.17) is 13.9 Å². The number of carbonyl (C=O) groups is 1. The first-order valence-corrected chi connectivity index (χ1v) is 13.4. The number of hydrogen-bond donors (Lipinski definition) is 5. The van der Waals surface area contributed by atoms with Crippen molar-refractivity contribution in [1.82, 2.24) is 0 Å². The van der Waals surface area contributed by atoms with Gasteiger partial charge >= 0.3 is 5.97 Å². The number of aromatic hydroxyl groups is 3. The number of ether oxygens (including phenoxy) is 2. The van der Waals surface area contributed by atoms with Crippen LogP contribution < -0.4 is 10.2 Å². The largest absolute Gasteiger partial charge is 0.726 e. The van der Waals surface area contributed by atoms with Gasteiger partial charge in [-0.2, -0.15) is 0 Å². The predicted molar refractivity (Wildman–Crippen MR) is 125 cm³/mol. The van der Waals surface area contributed by atoms with Crippen molar-refractivity contribution in [3.8, 4) is 34.3 Å². The van der Waals surface area contributed by atoms with E-state index < -0.39 is 91.1 Å². The molecule has 1 aliphatic rings. The lowest BCUT2D eigenvalue weighted by molar-refractivity contribution is -0.261. The van der Waals surface area contributed by atoms with Crippen molar-refractivity contribution >= 4 is 37.7 Å². The van der Waals surface area contributed by atoms with Crippen molar-refractivity contribution in [2.75, 3.05) is 0 Å². The molecule has 0 aliphatic carbocycles. The van der Waals surface area contributed by atoms with Crippen LogP contribution in [0.4, 0.5) is 0 Å². The van der Waals surface area contributed by atoms with Crippen LogP contribution in [0.2, 0.25) is 0 Å². The molecule has 1 saturated heterocycles. The first-order chi connectivity index (χ1) is 18.9. The molecule has 0 unspecified atom stereocenters. The van der Waals surface area contributed by atoms with E-state index in [9.17, 15) is 61.1 Å². The summed E-state index contributed by atoms with van der Waals surface area (Å²) in [6, 6.07) is 6.57. The maximum absolute atomic E-state index is 12.8. The molecule has 5 atom stereocenters. The highest BCUT2D eigenvalue weighted by atomic mass is 32.3. The number of hydrogen-bond acceptors (Lipinski definition) is 17. The fourth-order valence-corrected chi connectivity index (χ4v) is 4.84. The summed E-state index contributed by atoms with van der Waals surface area (Å²) >= 11 is 0. The van der Waals surface area contributed by atoms with Gasteiger partial charge in [-0.15, -0.1) is 0 Å². The van der Waals surface area contributed by atoms with E-state index in [-0.39, 0.29) is 17.1 Å². The Morgan fingerprint density at radius 3 is 2.05 bits per heavy atom. The van der Waals surface area contributed by atoms with Gasteiger partial charge in [0.25, 0.3) is 0 Å². The molecule has 0 radical (unpaired) electrons. The second-order valence-electron chi connectivity index (χ2n) is 8.28. The van der Waals surface area contributed by atoms with Gasteiger partial charge in [0.15, 0.2) is 29.0 Å². The number of carboxylic acid groups (broad SMARTS) is 1. The van der Waals surface area contributed by atoms with Crippen LogP contribution >= 0.6 is 0 Å². The van der Waals surface area contributed by atoms with Gasteiger partial charge in [-0.1, -0.05) is 0 Å². The van der Waals surface area contributed by atoms with E-state index in [1.807, 2.05) is 0 Å². The number of aliphatic hydroxyl groups excluding tert-OH is 1. The van der Waals surface area contributed by atoms with Crippen LogP contribution in [0.25, 0.3) is 22.3 Å². The number of benzene rings is 2. The predicted octanol–water partition coefficient (Wildman–Crippen LogP) is -1.18. The van der Waals surface area contributed by atoms with Crippen LogP contribution in [0, 0.1) is 0 Å². The van der Waals surface area contributed by atoms with Crippen LogP contribution in [-0.4, -0.2) is 88.1 Å². The number of phenols is 3. The van der Waals surface area contributed by atoms with Crippen molar-refractivity contribution < 1.29 is 78.5 Å². The summed E-state index contributed by atoms with van der Waals surface area (Å²) in [4.78, 5) is 24.6. The second kappa shape index (κ2) is 10.8. The fourth-order valence-electron chi connectivity index (χ4n) is 3.88. The molecule has 18 nitrogen and oxygen atoms in total. The number of carboxylic acids is 1. The van der Waals surface area contributed by atoms with Gasteiger partial charge in [0.2, 0.25) is 32.8 Å². The number of aliphatic hydroxyl groups is 1. The van der Waals surface area contributed by atoms with Crippen LogP contribution in [0.5, 0.6) is 23.0 Å². The van der Waals surface area contributed by atoms with Gasteiger partial charge in [-0.3, -0.25) is 13.2 Å². The highest BCUT2D eigenvalue weighted by molar-refractivity contribution is 7.81. The maximum Gasteiger partial charge on any atom is 0.335 e. The summed E-state index contributed by atoms with van der Waals surface area (Å²) in [6.45, 7) is 0. The van der Waals surface area contributed by atoms with E-state index >= 15 is 0 Å². The summed E-state index contributed by atoms with van der Waals surface area (Å²) in [5, 5.41) is 49.6. The van der Waals surface area contributed by atoms with Crippen molar-refractivity contribution in [3.63, 3.8) is 0 Å². The Morgan fingerprint density at radius 1 is 0.902 bits per heavy atom. The Hall–Kier alpha value is -4.02. The zero-order valence-electron chi connectivity index (χ0n) is 19.7. The smallest absolute Gasteiger partial charge is 0.335 e. The molecule has 41 heavy (non-hydrogen) atoms. The highest BCUT2D eigenvalue weighted by Gasteiger charge is 2.53. The molecule has 5 N–H and O–H groups in total. The molecule has 1 aliphatic heterocycles. The molecule has 0 saturated carbocycles. The summed E-state index contributed by atoms with van der Waals surface area (Å²) in [7, 11) is -11.6. The van der Waals surface area contributed by atoms with Gasteiger partial charge in [0.05, 0.1) is 0 Å². The molecule has 222 valence electrons. The average Bonchev–Trinajstić information content (AvgIpc) is 2.83. The minimum absolute atomic E-state index is 0.149. The summed E-state index contributed by atoms with van der Waals surface area (Å²) < 4.78 is 91.4. The summed E-state index contributed by atoms with van der Waals surface area (Å²) in [6.07, 6.45) is -13.1. The third kappa shape index (κ3) is 6.49. The molecule has 2 heterocycles. The summed E-state index contributed by atoms with van der Waals surface area (Å²) in [5.41, 5.74) is -1.48. The molecular formula is C21H16O18S2-2. The van der Waals surface area contributed by atoms with Gasteiger partial charge in [-0.25, -0.2) is 21.6 Å². The normalized spacial score (nSPS) is 23.3. The van der Waals surface area contributed by atoms with E-state index in [1.165, 1.54) is 24.3 Å². The molecule has 20 heteroatoms. The summed E-state index contributed by atoms with van der Waals surface area (Å²) in [5.74, 6) is -5.26. The quantitative estimate of drug-likeness (QED) is 0.146. The zero-order valence-corrected chi connectivity index (χ0v) is 21.3. The van der Waals surface area contributed by atoms with Crippen molar-refractivity contribution in [2.24, 2.45) is 0 Å². The Balaban J connectivity index is 1.87. The van der Waals surface area contributed by atoms with Gasteiger partial charge < -0.3 is 48.5 Å². The fraction of sp³-hybridized carbons (Fsp3) is 0.238. The third-order valence-electron chi connectivity index (χ3n) is 5.52. The second-order valence-corrected chi connectivity index (χ2v) is 10.3. The monoisotopic (exact) mass is 620 g/mol. The lowest BCUT2D eigenvalue weighted by atomic mass is 9.99. The molecule has 1 aromatic heterocycles. The Morgan fingerprint density at radius 2 is 1.49 bits per heavy atom. The standard InChI is InChI=1S/C21H18O18S2/c22-8-3-1-7(2-4-8)12-6-10(24)13-9(23)5-11(25)15(16(13)35-12)36-21-18(39-41(32,33)34)14(26)17(38-40(29,30)31)19(37-21)20(27)28/h1-6,14,17-19,21-23,25-26H,(H,27,28)(H,29,30,31)(H,32,33,34)/p-2/t14-,17-,18+,19-,21+/m0/s1. The molecule has 3 aromatic rings. The minimum atomic E-state index is -5.80. The van der Waals surface area contributed by atoms with Crippen LogP contribution in [0.3, 0.4) is 0 Å². The van der Waals surface area contributed by atoms with Crippen molar-refractivity contribution in [3.05, 3.63) is 46.6 Å². The Labute approximate surface area is 228 Å². The number of rotatable bonds is 8. The first kappa shape index (κ1) is 30.0. The molecular weight excluding hydrogens is 604 g/mol. The molecule has 0 bridgehead atoms. The number of aliphatic carboxylic acids is 1.